The number of hydrogen-bond acceptors (Lipinski definition) is 7. The molecular formula is C13H21N5O2S. The summed E-state index contributed by atoms with van der Waals surface area (Å²) in [6.07, 6.45) is 4.58. The summed E-state index contributed by atoms with van der Waals surface area (Å²) in [7, 11) is 0. The average Bonchev–Trinajstić information content (AvgIpc) is 2.90. The van der Waals surface area contributed by atoms with Crippen LogP contribution < -0.4 is 11.1 Å². The van der Waals surface area contributed by atoms with Crippen molar-refractivity contribution in [3.63, 3.8) is 0 Å². The number of aliphatic hydroxyl groups excluding tert-OH is 2. The number of thioether (sulfide) groups is 1. The van der Waals surface area contributed by atoms with Gasteiger partial charge in [0, 0.05) is 30.8 Å². The first-order valence-corrected chi connectivity index (χ1v) is 8.11. The normalized spacial score (nSPS) is 14.4. The van der Waals surface area contributed by atoms with Crippen LogP contribution in [0.1, 0.15) is 5.56 Å². The number of aromatic nitrogens is 3. The summed E-state index contributed by atoms with van der Waals surface area (Å²) in [4.78, 5) is 11.2. The molecule has 6 N–H and O–H groups in total. The first kappa shape index (κ1) is 16.0. The molecule has 8 heteroatoms. The molecule has 0 fully saturated rings. The predicted octanol–water partition coefficient (Wildman–Crippen LogP) is -0.0379. The summed E-state index contributed by atoms with van der Waals surface area (Å²) in [6.45, 7) is 1.01. The minimum absolute atomic E-state index is 0.00917. The number of nitrogens with two attached hydrogens (primary N) is 1. The van der Waals surface area contributed by atoms with Crippen molar-refractivity contribution >= 4 is 28.6 Å². The van der Waals surface area contributed by atoms with Gasteiger partial charge in [0.05, 0.1) is 18.2 Å². The van der Waals surface area contributed by atoms with Crippen LogP contribution in [0.25, 0.3) is 11.0 Å². The maximum Gasteiger partial charge on any atom is 0.151 e. The predicted molar refractivity (Wildman–Crippen MR) is 85.0 cm³/mol. The molecule has 2 aromatic rings. The van der Waals surface area contributed by atoms with Crippen LogP contribution in [-0.2, 0) is 6.54 Å². The third kappa shape index (κ3) is 3.85. The molecule has 0 aliphatic carbocycles. The third-order valence-corrected chi connectivity index (χ3v) is 4.17. The summed E-state index contributed by atoms with van der Waals surface area (Å²) in [5.41, 5.74) is 8.32. The fourth-order valence-electron chi connectivity index (χ4n) is 2.21. The van der Waals surface area contributed by atoms with Crippen molar-refractivity contribution in [2.24, 2.45) is 5.92 Å². The highest BCUT2D eigenvalue weighted by Crippen LogP contribution is 2.19. The second-order valence-electron chi connectivity index (χ2n) is 4.89. The van der Waals surface area contributed by atoms with E-state index in [0.29, 0.717) is 18.9 Å². The molecule has 21 heavy (non-hydrogen) atoms. The molecule has 2 atom stereocenters. The van der Waals surface area contributed by atoms with E-state index in [0.717, 1.165) is 22.3 Å². The van der Waals surface area contributed by atoms with Crippen LogP contribution in [0.4, 0.5) is 5.82 Å². The Labute approximate surface area is 127 Å². The van der Waals surface area contributed by atoms with E-state index >= 15 is 0 Å². The molecule has 0 saturated heterocycles. The van der Waals surface area contributed by atoms with Crippen molar-refractivity contribution in [2.75, 3.05) is 30.9 Å². The van der Waals surface area contributed by atoms with Crippen molar-refractivity contribution in [2.45, 2.75) is 12.6 Å². The lowest BCUT2D eigenvalue weighted by Gasteiger charge is -2.20. The maximum atomic E-state index is 9.77. The molecule has 0 radical (unpaired) electrons. The summed E-state index contributed by atoms with van der Waals surface area (Å²) in [6, 6.07) is 0. The average molecular weight is 311 g/mol. The van der Waals surface area contributed by atoms with Gasteiger partial charge in [-0.3, -0.25) is 0 Å². The highest BCUT2D eigenvalue weighted by molar-refractivity contribution is 7.98. The Hall–Kier alpha value is -1.35. The number of fused-ring (bicyclic) bond motifs is 1. The standard InChI is InChI=1S/C13H21N5O2S/c1-21-6-9(10(20)5-19)3-15-2-8-4-16-12-11(8)17-7-18-13(12)14/h4,7,9-10,15-16,19-20H,2-3,5-6H2,1H3,(H2,14,17,18)/t9-,10-/m1/s1. The van der Waals surface area contributed by atoms with Gasteiger partial charge in [-0.05, 0) is 12.0 Å². The second-order valence-corrected chi connectivity index (χ2v) is 5.80. The van der Waals surface area contributed by atoms with E-state index < -0.39 is 6.10 Å². The van der Waals surface area contributed by atoms with E-state index in [1.165, 1.54) is 6.33 Å². The van der Waals surface area contributed by atoms with Gasteiger partial charge in [0.15, 0.2) is 5.82 Å². The molecule has 0 spiro atoms. The number of anilines is 1. The van der Waals surface area contributed by atoms with Gasteiger partial charge in [-0.15, -0.1) is 0 Å². The molecular weight excluding hydrogens is 290 g/mol. The van der Waals surface area contributed by atoms with E-state index in [4.69, 9.17) is 10.8 Å². The number of nitrogen functional groups attached to an aromatic ring is 1. The van der Waals surface area contributed by atoms with E-state index in [1.807, 2.05) is 12.5 Å². The first-order valence-electron chi connectivity index (χ1n) is 6.72. The molecule has 2 rings (SSSR count). The maximum absolute atomic E-state index is 9.77. The van der Waals surface area contributed by atoms with Gasteiger partial charge in [-0.2, -0.15) is 11.8 Å². The lowest BCUT2D eigenvalue weighted by atomic mass is 10.1. The smallest absolute Gasteiger partial charge is 0.151 e. The van der Waals surface area contributed by atoms with Crippen LogP contribution in [0.2, 0.25) is 0 Å². The largest absolute Gasteiger partial charge is 0.394 e. The number of hydrogen-bond donors (Lipinski definition) is 5. The van der Waals surface area contributed by atoms with Crippen LogP contribution in [-0.4, -0.2) is 56.4 Å². The van der Waals surface area contributed by atoms with Crippen molar-refractivity contribution < 1.29 is 10.2 Å². The van der Waals surface area contributed by atoms with E-state index in [9.17, 15) is 5.11 Å². The Bertz CT molecular complexity index is 577. The number of rotatable bonds is 8. The topological polar surface area (TPSA) is 120 Å². The Morgan fingerprint density at radius 3 is 3.00 bits per heavy atom. The molecule has 0 saturated carbocycles. The van der Waals surface area contributed by atoms with E-state index in [1.54, 1.807) is 11.8 Å². The molecule has 0 aromatic carbocycles. The minimum Gasteiger partial charge on any atom is -0.394 e. The Balaban J connectivity index is 1.97. The Morgan fingerprint density at radius 1 is 1.48 bits per heavy atom. The molecule has 0 unspecified atom stereocenters. The van der Waals surface area contributed by atoms with Gasteiger partial charge in [-0.1, -0.05) is 0 Å². The number of H-pyrrole nitrogens is 1. The SMILES string of the molecule is CSC[C@@H](CNCc1c[nH]c2c(N)ncnc12)[C@H](O)CO. The fourth-order valence-corrected chi connectivity index (χ4v) is 2.98. The van der Waals surface area contributed by atoms with Crippen molar-refractivity contribution in [3.05, 3.63) is 18.1 Å². The zero-order chi connectivity index (χ0) is 15.2. The lowest BCUT2D eigenvalue weighted by molar-refractivity contribution is 0.0549. The van der Waals surface area contributed by atoms with Crippen molar-refractivity contribution in [1.29, 1.82) is 0 Å². The summed E-state index contributed by atoms with van der Waals surface area (Å²) >= 11 is 1.65. The number of nitrogens with zero attached hydrogens (tertiary/aromatic N) is 2. The summed E-state index contributed by atoms with van der Waals surface area (Å²) in [5.74, 6) is 1.23. The van der Waals surface area contributed by atoms with Gasteiger partial charge in [0.25, 0.3) is 0 Å². The van der Waals surface area contributed by atoms with Crippen molar-refractivity contribution in [1.82, 2.24) is 20.3 Å². The number of nitrogens with one attached hydrogen (secondary N) is 2. The summed E-state index contributed by atoms with van der Waals surface area (Å²) < 4.78 is 0. The summed E-state index contributed by atoms with van der Waals surface area (Å²) in [5, 5.41) is 22.1. The molecule has 116 valence electrons. The van der Waals surface area contributed by atoms with Gasteiger partial charge in [0.1, 0.15) is 11.8 Å². The quantitative estimate of drug-likeness (QED) is 0.464. The Kier molecular flexibility index (Phi) is 5.80. The molecule has 0 aliphatic heterocycles. The van der Waals surface area contributed by atoms with Gasteiger partial charge < -0.3 is 26.2 Å². The molecule has 2 heterocycles. The fraction of sp³-hybridized carbons (Fsp3) is 0.538. The van der Waals surface area contributed by atoms with Gasteiger partial charge >= 0.3 is 0 Å². The van der Waals surface area contributed by atoms with E-state index in [-0.39, 0.29) is 12.5 Å². The molecule has 0 amide bonds. The molecule has 0 bridgehead atoms. The van der Waals surface area contributed by atoms with Crippen LogP contribution >= 0.6 is 11.8 Å². The van der Waals surface area contributed by atoms with Crippen LogP contribution in [0.15, 0.2) is 12.5 Å². The highest BCUT2D eigenvalue weighted by Gasteiger charge is 2.18. The van der Waals surface area contributed by atoms with Crippen LogP contribution in [0.3, 0.4) is 0 Å². The monoisotopic (exact) mass is 311 g/mol. The highest BCUT2D eigenvalue weighted by atomic mass is 32.2. The van der Waals surface area contributed by atoms with Crippen LogP contribution in [0.5, 0.6) is 0 Å². The van der Waals surface area contributed by atoms with E-state index in [2.05, 4.69) is 20.3 Å². The first-order chi connectivity index (χ1) is 10.2. The number of aliphatic hydroxyl groups is 2. The number of aromatic amines is 1. The zero-order valence-electron chi connectivity index (χ0n) is 11.9. The second kappa shape index (κ2) is 7.60. The zero-order valence-corrected chi connectivity index (χ0v) is 12.7. The molecule has 7 nitrogen and oxygen atoms in total. The third-order valence-electron chi connectivity index (χ3n) is 3.41. The van der Waals surface area contributed by atoms with Crippen molar-refractivity contribution in [3.8, 4) is 0 Å². The van der Waals surface area contributed by atoms with Crippen LogP contribution in [0, 0.1) is 5.92 Å². The minimum atomic E-state index is -0.703. The Morgan fingerprint density at radius 2 is 2.29 bits per heavy atom. The molecule has 0 aliphatic rings. The molecule has 2 aromatic heterocycles. The van der Waals surface area contributed by atoms with Gasteiger partial charge in [0.2, 0.25) is 0 Å². The lowest BCUT2D eigenvalue weighted by Crippen LogP contribution is -2.35. The van der Waals surface area contributed by atoms with Gasteiger partial charge in [-0.25, -0.2) is 9.97 Å².